The summed E-state index contributed by atoms with van der Waals surface area (Å²) in [6.07, 6.45) is 8.01. The number of aliphatic hydroxyl groups excluding tert-OH is 1. The molecular formula is C17H33N3O2. The van der Waals surface area contributed by atoms with Gasteiger partial charge in [-0.1, -0.05) is 12.8 Å². The molecule has 0 amide bonds. The number of methoxy groups -OCH3 is 1. The van der Waals surface area contributed by atoms with Crippen LogP contribution >= 0.6 is 0 Å². The van der Waals surface area contributed by atoms with Gasteiger partial charge < -0.3 is 20.5 Å². The zero-order valence-corrected chi connectivity index (χ0v) is 14.2. The minimum atomic E-state index is -0.143. The zero-order chi connectivity index (χ0) is 15.8. The lowest BCUT2D eigenvalue weighted by atomic mass is 9.67. The van der Waals surface area contributed by atoms with Crippen LogP contribution in [-0.4, -0.2) is 50.5 Å². The van der Waals surface area contributed by atoms with Gasteiger partial charge in [0.05, 0.1) is 6.10 Å². The van der Waals surface area contributed by atoms with Gasteiger partial charge in [0.1, 0.15) is 0 Å². The lowest BCUT2D eigenvalue weighted by Crippen LogP contribution is -2.42. The molecule has 22 heavy (non-hydrogen) atoms. The van der Waals surface area contributed by atoms with Crippen molar-refractivity contribution in [2.45, 2.75) is 58.0 Å². The van der Waals surface area contributed by atoms with E-state index in [4.69, 9.17) is 9.73 Å². The largest absolute Gasteiger partial charge is 0.393 e. The molecule has 5 heteroatoms. The molecular weight excluding hydrogens is 278 g/mol. The van der Waals surface area contributed by atoms with Crippen molar-refractivity contribution < 1.29 is 9.84 Å². The van der Waals surface area contributed by atoms with E-state index in [0.717, 1.165) is 57.9 Å². The number of nitrogens with one attached hydrogen (secondary N) is 2. The number of hydrogen-bond donors (Lipinski definition) is 3. The van der Waals surface area contributed by atoms with Crippen molar-refractivity contribution in [2.24, 2.45) is 16.3 Å². The van der Waals surface area contributed by atoms with Crippen LogP contribution in [0.1, 0.15) is 51.9 Å². The van der Waals surface area contributed by atoms with Gasteiger partial charge in [0.15, 0.2) is 5.96 Å². The van der Waals surface area contributed by atoms with Crippen LogP contribution in [-0.2, 0) is 4.74 Å². The zero-order valence-electron chi connectivity index (χ0n) is 14.2. The average molecular weight is 311 g/mol. The Kier molecular flexibility index (Phi) is 6.96. The van der Waals surface area contributed by atoms with Gasteiger partial charge in [0, 0.05) is 39.3 Å². The number of aliphatic imine (C=N–C) groups is 1. The minimum absolute atomic E-state index is 0.143. The molecule has 0 aromatic rings. The SMILES string of the molecule is CCNC(=NCC1(CCOC)CCC1)NCC1CCCC1O. The third kappa shape index (κ3) is 4.85. The number of ether oxygens (including phenoxy) is 1. The first kappa shape index (κ1) is 17.5. The third-order valence-corrected chi connectivity index (χ3v) is 5.32. The molecule has 0 aromatic carbocycles. The minimum Gasteiger partial charge on any atom is -0.393 e. The highest BCUT2D eigenvalue weighted by molar-refractivity contribution is 5.79. The Balaban J connectivity index is 1.83. The molecule has 0 bridgehead atoms. The maximum absolute atomic E-state index is 9.92. The fraction of sp³-hybridized carbons (Fsp3) is 0.941. The summed E-state index contributed by atoms with van der Waals surface area (Å²) in [6.45, 7) is 5.47. The predicted octanol–water partition coefficient (Wildman–Crippen LogP) is 1.91. The highest BCUT2D eigenvalue weighted by atomic mass is 16.5. The number of aliphatic hydroxyl groups is 1. The van der Waals surface area contributed by atoms with Crippen molar-refractivity contribution >= 4 is 5.96 Å². The monoisotopic (exact) mass is 311 g/mol. The summed E-state index contributed by atoms with van der Waals surface area (Å²) in [6, 6.07) is 0. The topological polar surface area (TPSA) is 65.9 Å². The summed E-state index contributed by atoms with van der Waals surface area (Å²) in [5.41, 5.74) is 0.352. The van der Waals surface area contributed by atoms with Crippen LogP contribution in [0.15, 0.2) is 4.99 Å². The second kappa shape index (κ2) is 8.73. The number of hydrogen-bond acceptors (Lipinski definition) is 3. The van der Waals surface area contributed by atoms with Gasteiger partial charge in [-0.25, -0.2) is 0 Å². The molecule has 2 unspecified atom stereocenters. The summed E-state index contributed by atoms with van der Waals surface area (Å²) in [7, 11) is 1.77. The van der Waals surface area contributed by atoms with Crippen LogP contribution in [0.2, 0.25) is 0 Å². The molecule has 2 fully saturated rings. The van der Waals surface area contributed by atoms with E-state index in [-0.39, 0.29) is 6.10 Å². The molecule has 2 aliphatic rings. The van der Waals surface area contributed by atoms with Gasteiger partial charge in [-0.15, -0.1) is 0 Å². The Morgan fingerprint density at radius 2 is 2.09 bits per heavy atom. The standard InChI is InChI=1S/C17H33N3O2/c1-3-18-16(19-12-14-6-4-7-15(14)21)20-13-17(8-5-9-17)10-11-22-2/h14-15,21H,3-13H2,1-2H3,(H2,18,19,20). The van der Waals surface area contributed by atoms with Crippen molar-refractivity contribution in [2.75, 3.05) is 33.4 Å². The van der Waals surface area contributed by atoms with Gasteiger partial charge in [-0.2, -0.15) is 0 Å². The molecule has 128 valence electrons. The summed E-state index contributed by atoms with van der Waals surface area (Å²) in [5.74, 6) is 1.26. The fourth-order valence-corrected chi connectivity index (χ4v) is 3.55. The van der Waals surface area contributed by atoms with E-state index < -0.39 is 0 Å². The second-order valence-corrected chi connectivity index (χ2v) is 6.93. The first-order valence-electron chi connectivity index (χ1n) is 8.88. The maximum atomic E-state index is 9.92. The number of rotatable bonds is 8. The van der Waals surface area contributed by atoms with Crippen molar-refractivity contribution in [3.05, 3.63) is 0 Å². The van der Waals surface area contributed by atoms with Crippen LogP contribution in [0, 0.1) is 11.3 Å². The summed E-state index contributed by atoms with van der Waals surface area (Å²) < 4.78 is 5.25. The first-order valence-corrected chi connectivity index (χ1v) is 8.88. The van der Waals surface area contributed by atoms with E-state index in [1.54, 1.807) is 7.11 Å². The lowest BCUT2D eigenvalue weighted by molar-refractivity contribution is 0.0778. The van der Waals surface area contributed by atoms with Gasteiger partial charge in [0.2, 0.25) is 0 Å². The molecule has 0 aromatic heterocycles. The molecule has 2 saturated carbocycles. The molecule has 0 aliphatic heterocycles. The Morgan fingerprint density at radius 3 is 2.64 bits per heavy atom. The molecule has 3 N–H and O–H groups in total. The lowest BCUT2D eigenvalue weighted by Gasteiger charge is -2.40. The van der Waals surface area contributed by atoms with Crippen LogP contribution in [0.5, 0.6) is 0 Å². The molecule has 2 aliphatic carbocycles. The van der Waals surface area contributed by atoms with E-state index >= 15 is 0 Å². The summed E-state index contributed by atoms with van der Waals surface area (Å²) in [4.78, 5) is 4.80. The molecule has 2 rings (SSSR count). The summed E-state index contributed by atoms with van der Waals surface area (Å²) >= 11 is 0. The Bertz CT molecular complexity index is 356. The Hall–Kier alpha value is -0.810. The normalized spacial score (nSPS) is 27.5. The smallest absolute Gasteiger partial charge is 0.191 e. The maximum Gasteiger partial charge on any atom is 0.191 e. The Labute approximate surface area is 134 Å². The van der Waals surface area contributed by atoms with Crippen LogP contribution in [0.3, 0.4) is 0 Å². The van der Waals surface area contributed by atoms with Gasteiger partial charge >= 0.3 is 0 Å². The quantitative estimate of drug-likeness (QED) is 0.473. The van der Waals surface area contributed by atoms with Crippen molar-refractivity contribution in [1.82, 2.24) is 10.6 Å². The van der Waals surface area contributed by atoms with Gasteiger partial charge in [-0.05, 0) is 44.4 Å². The number of guanidine groups is 1. The highest BCUT2D eigenvalue weighted by Crippen LogP contribution is 2.44. The first-order chi connectivity index (χ1) is 10.7. The number of nitrogens with zero attached hydrogens (tertiary/aromatic N) is 1. The second-order valence-electron chi connectivity index (χ2n) is 6.93. The van der Waals surface area contributed by atoms with Gasteiger partial charge in [-0.3, -0.25) is 4.99 Å². The van der Waals surface area contributed by atoms with Crippen molar-refractivity contribution in [1.29, 1.82) is 0 Å². The molecule has 0 radical (unpaired) electrons. The van der Waals surface area contributed by atoms with Crippen LogP contribution in [0.4, 0.5) is 0 Å². The van der Waals surface area contributed by atoms with Crippen molar-refractivity contribution in [3.8, 4) is 0 Å². The molecule has 5 nitrogen and oxygen atoms in total. The van der Waals surface area contributed by atoms with Crippen LogP contribution < -0.4 is 10.6 Å². The molecule has 0 spiro atoms. The predicted molar refractivity (Wildman–Crippen MR) is 90.1 cm³/mol. The summed E-state index contributed by atoms with van der Waals surface area (Å²) in [5, 5.41) is 16.7. The average Bonchev–Trinajstić information content (AvgIpc) is 2.88. The van der Waals surface area contributed by atoms with E-state index in [1.165, 1.54) is 19.3 Å². The van der Waals surface area contributed by atoms with Gasteiger partial charge in [0.25, 0.3) is 0 Å². The van der Waals surface area contributed by atoms with Crippen LogP contribution in [0.25, 0.3) is 0 Å². The molecule has 2 atom stereocenters. The van der Waals surface area contributed by atoms with Crippen molar-refractivity contribution in [3.63, 3.8) is 0 Å². The highest BCUT2D eigenvalue weighted by Gasteiger charge is 2.36. The molecule has 0 saturated heterocycles. The third-order valence-electron chi connectivity index (χ3n) is 5.32. The van der Waals surface area contributed by atoms with E-state index in [0.29, 0.717) is 11.3 Å². The Morgan fingerprint density at radius 1 is 1.27 bits per heavy atom. The van der Waals surface area contributed by atoms with E-state index in [2.05, 4.69) is 17.6 Å². The van der Waals surface area contributed by atoms with E-state index in [9.17, 15) is 5.11 Å². The fourth-order valence-electron chi connectivity index (χ4n) is 3.55. The molecule has 0 heterocycles. The van der Waals surface area contributed by atoms with E-state index in [1.807, 2.05) is 0 Å².